The molecule has 0 aliphatic carbocycles. The first kappa shape index (κ1) is 15.7. The molecule has 0 amide bonds. The van der Waals surface area contributed by atoms with Crippen LogP contribution in [0, 0.1) is 0 Å². The van der Waals surface area contributed by atoms with Crippen molar-refractivity contribution in [2.45, 2.75) is 45.2 Å². The summed E-state index contributed by atoms with van der Waals surface area (Å²) in [6.45, 7) is 3.75. The van der Waals surface area contributed by atoms with Crippen LogP contribution in [0.2, 0.25) is 0 Å². The van der Waals surface area contributed by atoms with Gasteiger partial charge in [-0.15, -0.1) is 0 Å². The summed E-state index contributed by atoms with van der Waals surface area (Å²) in [6.07, 6.45) is 2.88. The van der Waals surface area contributed by atoms with Gasteiger partial charge in [-0.05, 0) is 31.9 Å². The lowest BCUT2D eigenvalue weighted by Crippen LogP contribution is -2.44. The van der Waals surface area contributed by atoms with Crippen molar-refractivity contribution in [2.24, 2.45) is 0 Å². The summed E-state index contributed by atoms with van der Waals surface area (Å²) in [6, 6.07) is 10.00. The monoisotopic (exact) mass is 289 g/mol. The number of esters is 1. The molecule has 0 N–H and O–H groups in total. The van der Waals surface area contributed by atoms with Crippen LogP contribution < -0.4 is 0 Å². The van der Waals surface area contributed by atoms with E-state index in [0.29, 0.717) is 6.61 Å². The molecule has 0 saturated carbocycles. The average molecular weight is 289 g/mol. The smallest absolute Gasteiger partial charge is 0.313 e. The molecule has 0 spiro atoms. The number of carbonyl (C=O) groups is 2. The molecule has 1 aliphatic rings. The van der Waals surface area contributed by atoms with Crippen molar-refractivity contribution >= 4 is 11.8 Å². The third kappa shape index (κ3) is 4.67. The largest absolute Gasteiger partial charge is 0.466 e. The molecule has 1 aromatic carbocycles. The first-order valence-electron chi connectivity index (χ1n) is 7.67. The molecule has 1 saturated heterocycles. The molecule has 1 atom stereocenters. The molecular weight excluding hydrogens is 266 g/mol. The number of likely N-dealkylation sites (tertiary alicyclic amines) is 1. The zero-order valence-electron chi connectivity index (χ0n) is 12.6. The second kappa shape index (κ2) is 7.93. The van der Waals surface area contributed by atoms with Gasteiger partial charge in [-0.2, -0.15) is 0 Å². The van der Waals surface area contributed by atoms with Crippen molar-refractivity contribution in [3.05, 3.63) is 35.9 Å². The Kier molecular flexibility index (Phi) is 5.93. The number of ketones is 1. The lowest BCUT2D eigenvalue weighted by molar-refractivity contribution is -0.146. The molecule has 21 heavy (non-hydrogen) atoms. The van der Waals surface area contributed by atoms with Gasteiger partial charge in [-0.1, -0.05) is 36.8 Å². The van der Waals surface area contributed by atoms with Gasteiger partial charge < -0.3 is 4.74 Å². The van der Waals surface area contributed by atoms with Crippen LogP contribution in [-0.4, -0.2) is 35.8 Å². The predicted molar refractivity (Wildman–Crippen MR) is 80.7 cm³/mol. The van der Waals surface area contributed by atoms with Gasteiger partial charge in [0.2, 0.25) is 0 Å². The maximum atomic E-state index is 12.3. The summed E-state index contributed by atoms with van der Waals surface area (Å²) in [5, 5.41) is 0. The summed E-state index contributed by atoms with van der Waals surface area (Å²) in [5.41, 5.74) is 1.20. The first-order chi connectivity index (χ1) is 10.2. The van der Waals surface area contributed by atoms with Crippen LogP contribution in [0.15, 0.2) is 30.3 Å². The number of carbonyl (C=O) groups excluding carboxylic acids is 2. The van der Waals surface area contributed by atoms with Crippen LogP contribution in [0.1, 0.15) is 38.2 Å². The van der Waals surface area contributed by atoms with Crippen molar-refractivity contribution in [1.29, 1.82) is 0 Å². The highest BCUT2D eigenvalue weighted by Crippen LogP contribution is 2.21. The minimum atomic E-state index is -0.410. The number of benzene rings is 1. The molecule has 1 aromatic rings. The van der Waals surface area contributed by atoms with Crippen molar-refractivity contribution in [2.75, 3.05) is 13.2 Å². The van der Waals surface area contributed by atoms with Crippen LogP contribution in [0.3, 0.4) is 0 Å². The molecule has 2 rings (SSSR count). The van der Waals surface area contributed by atoms with Crippen molar-refractivity contribution in [1.82, 2.24) is 4.90 Å². The molecule has 1 heterocycles. The molecule has 114 valence electrons. The van der Waals surface area contributed by atoms with E-state index in [1.165, 1.54) is 5.56 Å². The van der Waals surface area contributed by atoms with Crippen LogP contribution >= 0.6 is 0 Å². The summed E-state index contributed by atoms with van der Waals surface area (Å²) in [4.78, 5) is 26.0. The summed E-state index contributed by atoms with van der Waals surface area (Å²) in [5.74, 6) is -0.420. The first-order valence-corrected chi connectivity index (χ1v) is 7.67. The van der Waals surface area contributed by atoms with Gasteiger partial charge in [-0.3, -0.25) is 14.5 Å². The van der Waals surface area contributed by atoms with Gasteiger partial charge in [0.15, 0.2) is 5.78 Å². The predicted octanol–water partition coefficient (Wildman–Crippen LogP) is 2.56. The second-order valence-electron chi connectivity index (χ2n) is 5.42. The zero-order chi connectivity index (χ0) is 15.1. The Morgan fingerprint density at radius 3 is 2.71 bits per heavy atom. The molecule has 0 unspecified atom stereocenters. The number of hydrogen-bond acceptors (Lipinski definition) is 4. The second-order valence-corrected chi connectivity index (χ2v) is 5.42. The fourth-order valence-electron chi connectivity index (χ4n) is 2.83. The number of rotatable bonds is 6. The molecule has 1 fully saturated rings. The van der Waals surface area contributed by atoms with Crippen LogP contribution in [0.5, 0.6) is 0 Å². The van der Waals surface area contributed by atoms with Crippen LogP contribution in [0.25, 0.3) is 0 Å². The summed E-state index contributed by atoms with van der Waals surface area (Å²) < 4.78 is 4.88. The Bertz CT molecular complexity index is 472. The van der Waals surface area contributed by atoms with E-state index in [0.717, 1.165) is 32.4 Å². The third-order valence-corrected chi connectivity index (χ3v) is 3.84. The lowest BCUT2D eigenvalue weighted by atomic mass is 9.96. The maximum Gasteiger partial charge on any atom is 0.313 e. The minimum Gasteiger partial charge on any atom is -0.466 e. The summed E-state index contributed by atoms with van der Waals surface area (Å²) >= 11 is 0. The molecule has 4 nitrogen and oxygen atoms in total. The van der Waals surface area contributed by atoms with E-state index >= 15 is 0 Å². The highest BCUT2D eigenvalue weighted by molar-refractivity contribution is 5.98. The van der Waals surface area contributed by atoms with Crippen molar-refractivity contribution in [3.8, 4) is 0 Å². The van der Waals surface area contributed by atoms with Gasteiger partial charge >= 0.3 is 5.97 Å². The van der Waals surface area contributed by atoms with E-state index in [-0.39, 0.29) is 18.2 Å². The third-order valence-electron chi connectivity index (χ3n) is 3.84. The normalized spacial score (nSPS) is 19.2. The minimum absolute atomic E-state index is 0.0101. The highest BCUT2D eigenvalue weighted by atomic mass is 16.5. The van der Waals surface area contributed by atoms with Gasteiger partial charge in [0, 0.05) is 6.54 Å². The molecule has 1 aliphatic heterocycles. The van der Waals surface area contributed by atoms with Gasteiger partial charge in [-0.25, -0.2) is 0 Å². The van der Waals surface area contributed by atoms with E-state index in [1.807, 2.05) is 18.2 Å². The summed E-state index contributed by atoms with van der Waals surface area (Å²) in [7, 11) is 0. The maximum absolute atomic E-state index is 12.3. The van der Waals surface area contributed by atoms with Crippen molar-refractivity contribution < 1.29 is 14.3 Å². The standard InChI is InChI=1S/C17H23NO3/c1-2-21-17(20)12-16(19)15-10-6-7-11-18(15)13-14-8-4-3-5-9-14/h3-5,8-9,15H,2,6-7,10-13H2,1H3/t15-/m0/s1. The number of Topliss-reactive ketones (excluding diaryl/α,β-unsaturated/α-hetero) is 1. The highest BCUT2D eigenvalue weighted by Gasteiger charge is 2.29. The number of piperidine rings is 1. The van der Waals surface area contributed by atoms with Crippen molar-refractivity contribution in [3.63, 3.8) is 0 Å². The topological polar surface area (TPSA) is 46.6 Å². The number of ether oxygens (including phenoxy) is 1. The average Bonchev–Trinajstić information content (AvgIpc) is 2.49. The van der Waals surface area contributed by atoms with E-state index < -0.39 is 5.97 Å². The molecule has 4 heteroatoms. The van der Waals surface area contributed by atoms with E-state index in [1.54, 1.807) is 6.92 Å². The van der Waals surface area contributed by atoms with E-state index in [2.05, 4.69) is 17.0 Å². The quantitative estimate of drug-likeness (QED) is 0.596. The van der Waals surface area contributed by atoms with Crippen LogP contribution in [-0.2, 0) is 20.9 Å². The Hall–Kier alpha value is -1.68. The number of nitrogens with zero attached hydrogens (tertiary/aromatic N) is 1. The number of hydrogen-bond donors (Lipinski definition) is 0. The lowest BCUT2D eigenvalue weighted by Gasteiger charge is -2.34. The molecule has 0 aromatic heterocycles. The SMILES string of the molecule is CCOC(=O)CC(=O)[C@@H]1CCCCN1Cc1ccccc1. The molecule has 0 bridgehead atoms. The fourth-order valence-corrected chi connectivity index (χ4v) is 2.83. The van der Waals surface area contributed by atoms with Gasteiger partial charge in [0.25, 0.3) is 0 Å². The van der Waals surface area contributed by atoms with E-state index in [9.17, 15) is 9.59 Å². The van der Waals surface area contributed by atoms with Gasteiger partial charge in [0.05, 0.1) is 12.6 Å². The molecule has 0 radical (unpaired) electrons. The van der Waals surface area contributed by atoms with Gasteiger partial charge in [0.1, 0.15) is 6.42 Å². The Balaban J connectivity index is 1.98. The zero-order valence-corrected chi connectivity index (χ0v) is 12.6. The molecular formula is C17H23NO3. The Morgan fingerprint density at radius 1 is 1.24 bits per heavy atom. The fraction of sp³-hybridized carbons (Fsp3) is 0.529. The van der Waals surface area contributed by atoms with E-state index in [4.69, 9.17) is 4.74 Å². The Morgan fingerprint density at radius 2 is 2.00 bits per heavy atom. The Labute approximate surface area is 126 Å². The van der Waals surface area contributed by atoms with Crippen LogP contribution in [0.4, 0.5) is 0 Å².